The van der Waals surface area contributed by atoms with Gasteiger partial charge in [-0.1, -0.05) is 42.3 Å². The third-order valence-electron chi connectivity index (χ3n) is 4.55. The summed E-state index contributed by atoms with van der Waals surface area (Å²) in [5.41, 5.74) is 2.97. The average molecular weight is 320 g/mol. The lowest BCUT2D eigenvalue weighted by atomic mass is 10.1. The highest BCUT2D eigenvalue weighted by atomic mass is 16.5. The molecule has 1 aromatic carbocycles. The SMILES string of the molecule is Cc1ccccc1-c1noc(-c2cccnc2NC2CCCC2)n1. The van der Waals surface area contributed by atoms with E-state index >= 15 is 0 Å². The largest absolute Gasteiger partial charge is 0.367 e. The predicted octanol–water partition coefficient (Wildman–Crippen LogP) is 4.46. The van der Waals surface area contributed by atoms with Gasteiger partial charge in [0.25, 0.3) is 5.89 Å². The number of pyridine rings is 1. The summed E-state index contributed by atoms with van der Waals surface area (Å²) in [7, 11) is 0. The van der Waals surface area contributed by atoms with Crippen molar-refractivity contribution in [1.82, 2.24) is 15.1 Å². The molecule has 1 aliphatic carbocycles. The van der Waals surface area contributed by atoms with Crippen LogP contribution in [0.3, 0.4) is 0 Å². The van der Waals surface area contributed by atoms with Gasteiger partial charge in [0.05, 0.1) is 5.56 Å². The zero-order valence-electron chi connectivity index (χ0n) is 13.7. The van der Waals surface area contributed by atoms with E-state index < -0.39 is 0 Å². The second-order valence-corrected chi connectivity index (χ2v) is 6.26. The lowest BCUT2D eigenvalue weighted by Gasteiger charge is -2.14. The Balaban J connectivity index is 1.66. The van der Waals surface area contributed by atoms with Crippen molar-refractivity contribution in [2.45, 2.75) is 38.6 Å². The molecule has 122 valence electrons. The molecule has 0 spiro atoms. The molecule has 1 N–H and O–H groups in total. The van der Waals surface area contributed by atoms with Gasteiger partial charge in [-0.3, -0.25) is 0 Å². The molecule has 0 unspecified atom stereocenters. The van der Waals surface area contributed by atoms with Crippen molar-refractivity contribution in [3.63, 3.8) is 0 Å². The Morgan fingerprint density at radius 1 is 1.04 bits per heavy atom. The monoisotopic (exact) mass is 320 g/mol. The van der Waals surface area contributed by atoms with Crippen LogP contribution < -0.4 is 5.32 Å². The van der Waals surface area contributed by atoms with E-state index in [1.807, 2.05) is 43.3 Å². The van der Waals surface area contributed by atoms with Gasteiger partial charge < -0.3 is 9.84 Å². The molecule has 3 aromatic rings. The number of nitrogens with zero attached hydrogens (tertiary/aromatic N) is 3. The van der Waals surface area contributed by atoms with Gasteiger partial charge in [0, 0.05) is 17.8 Å². The summed E-state index contributed by atoms with van der Waals surface area (Å²) in [6.07, 6.45) is 6.72. The minimum atomic E-state index is 0.484. The highest BCUT2D eigenvalue weighted by Crippen LogP contribution is 2.30. The minimum absolute atomic E-state index is 0.484. The number of anilines is 1. The molecule has 0 bridgehead atoms. The fraction of sp³-hybridized carbons (Fsp3) is 0.316. The zero-order valence-corrected chi connectivity index (χ0v) is 13.7. The van der Waals surface area contributed by atoms with E-state index in [1.54, 1.807) is 6.20 Å². The van der Waals surface area contributed by atoms with Crippen LogP contribution in [0.5, 0.6) is 0 Å². The highest BCUT2D eigenvalue weighted by Gasteiger charge is 2.20. The first-order valence-corrected chi connectivity index (χ1v) is 8.43. The number of aryl methyl sites for hydroxylation is 1. The maximum Gasteiger partial charge on any atom is 0.261 e. The van der Waals surface area contributed by atoms with Crippen molar-refractivity contribution in [2.75, 3.05) is 5.32 Å². The fourth-order valence-electron chi connectivity index (χ4n) is 3.22. The van der Waals surface area contributed by atoms with Crippen molar-refractivity contribution >= 4 is 5.82 Å². The Morgan fingerprint density at radius 2 is 1.83 bits per heavy atom. The number of rotatable bonds is 4. The minimum Gasteiger partial charge on any atom is -0.367 e. The van der Waals surface area contributed by atoms with Crippen LogP contribution in [0.25, 0.3) is 22.8 Å². The smallest absolute Gasteiger partial charge is 0.261 e. The van der Waals surface area contributed by atoms with Gasteiger partial charge in [-0.2, -0.15) is 4.98 Å². The molecule has 0 saturated heterocycles. The average Bonchev–Trinajstić information content (AvgIpc) is 3.28. The molecular weight excluding hydrogens is 300 g/mol. The number of aromatic nitrogens is 3. The second kappa shape index (κ2) is 6.43. The standard InChI is InChI=1S/C19H20N4O/c1-13-7-2-5-10-15(13)18-22-19(24-23-18)16-11-6-12-20-17(16)21-14-8-3-4-9-14/h2,5-7,10-12,14H,3-4,8-9H2,1H3,(H,20,21). The first-order valence-electron chi connectivity index (χ1n) is 8.43. The maximum absolute atomic E-state index is 5.52. The molecule has 2 aromatic heterocycles. The van der Waals surface area contributed by atoms with Crippen LogP contribution in [-0.2, 0) is 0 Å². The molecule has 4 rings (SSSR count). The maximum atomic E-state index is 5.52. The Kier molecular flexibility index (Phi) is 3.99. The van der Waals surface area contributed by atoms with Crippen LogP contribution in [0.2, 0.25) is 0 Å². The summed E-state index contributed by atoms with van der Waals surface area (Å²) in [6, 6.07) is 12.4. The third-order valence-corrected chi connectivity index (χ3v) is 4.55. The van der Waals surface area contributed by atoms with E-state index in [-0.39, 0.29) is 0 Å². The number of hydrogen-bond acceptors (Lipinski definition) is 5. The van der Waals surface area contributed by atoms with E-state index in [0.717, 1.165) is 22.5 Å². The van der Waals surface area contributed by atoms with E-state index in [9.17, 15) is 0 Å². The van der Waals surface area contributed by atoms with E-state index in [2.05, 4.69) is 20.4 Å². The fourth-order valence-corrected chi connectivity index (χ4v) is 3.22. The highest BCUT2D eigenvalue weighted by molar-refractivity contribution is 5.70. The Hall–Kier alpha value is -2.69. The predicted molar refractivity (Wildman–Crippen MR) is 93.6 cm³/mol. The molecule has 0 radical (unpaired) electrons. The molecular formula is C19H20N4O. The van der Waals surface area contributed by atoms with E-state index in [1.165, 1.54) is 25.7 Å². The molecule has 1 saturated carbocycles. The van der Waals surface area contributed by atoms with Crippen LogP contribution >= 0.6 is 0 Å². The van der Waals surface area contributed by atoms with Crippen molar-refractivity contribution in [1.29, 1.82) is 0 Å². The second-order valence-electron chi connectivity index (χ2n) is 6.26. The van der Waals surface area contributed by atoms with Crippen LogP contribution in [0, 0.1) is 6.92 Å². The van der Waals surface area contributed by atoms with Crippen LogP contribution in [0.1, 0.15) is 31.2 Å². The Morgan fingerprint density at radius 3 is 2.67 bits per heavy atom. The van der Waals surface area contributed by atoms with Crippen molar-refractivity contribution in [3.05, 3.63) is 48.2 Å². The van der Waals surface area contributed by atoms with Gasteiger partial charge in [0.1, 0.15) is 5.82 Å². The molecule has 5 heteroatoms. The molecule has 0 atom stereocenters. The summed E-state index contributed by atoms with van der Waals surface area (Å²) in [4.78, 5) is 9.07. The first kappa shape index (κ1) is 14.9. The molecule has 2 heterocycles. The summed E-state index contributed by atoms with van der Waals surface area (Å²) < 4.78 is 5.52. The zero-order chi connectivity index (χ0) is 16.4. The Bertz CT molecular complexity index is 837. The van der Waals surface area contributed by atoms with Crippen molar-refractivity contribution in [3.8, 4) is 22.8 Å². The molecule has 1 aliphatic rings. The van der Waals surface area contributed by atoms with E-state index in [4.69, 9.17) is 4.52 Å². The first-order chi connectivity index (χ1) is 11.8. The third kappa shape index (κ3) is 2.89. The van der Waals surface area contributed by atoms with Crippen LogP contribution in [0.4, 0.5) is 5.82 Å². The summed E-state index contributed by atoms with van der Waals surface area (Å²) in [5, 5.41) is 7.68. The normalized spacial score (nSPS) is 14.9. The quantitative estimate of drug-likeness (QED) is 0.769. The van der Waals surface area contributed by atoms with Crippen LogP contribution in [0.15, 0.2) is 47.1 Å². The van der Waals surface area contributed by atoms with Crippen molar-refractivity contribution in [2.24, 2.45) is 0 Å². The lowest BCUT2D eigenvalue weighted by Crippen LogP contribution is -2.16. The summed E-state index contributed by atoms with van der Waals surface area (Å²) in [5.74, 6) is 1.94. The van der Waals surface area contributed by atoms with Gasteiger partial charge in [-0.15, -0.1) is 0 Å². The summed E-state index contributed by atoms with van der Waals surface area (Å²) in [6.45, 7) is 2.04. The van der Waals surface area contributed by atoms with Crippen molar-refractivity contribution < 1.29 is 4.52 Å². The molecule has 0 amide bonds. The lowest BCUT2D eigenvalue weighted by molar-refractivity contribution is 0.432. The van der Waals surface area contributed by atoms with Crippen LogP contribution in [-0.4, -0.2) is 21.2 Å². The number of hydrogen-bond donors (Lipinski definition) is 1. The topological polar surface area (TPSA) is 63.8 Å². The number of benzene rings is 1. The molecule has 1 fully saturated rings. The number of nitrogens with one attached hydrogen (secondary N) is 1. The molecule has 0 aliphatic heterocycles. The van der Waals surface area contributed by atoms with Gasteiger partial charge in [0.2, 0.25) is 5.82 Å². The van der Waals surface area contributed by atoms with Gasteiger partial charge in [-0.25, -0.2) is 4.98 Å². The Labute approximate surface area is 141 Å². The molecule has 5 nitrogen and oxygen atoms in total. The van der Waals surface area contributed by atoms with Gasteiger partial charge in [0.15, 0.2) is 0 Å². The summed E-state index contributed by atoms with van der Waals surface area (Å²) >= 11 is 0. The molecule has 24 heavy (non-hydrogen) atoms. The van der Waals surface area contributed by atoms with Gasteiger partial charge >= 0.3 is 0 Å². The van der Waals surface area contributed by atoms with Gasteiger partial charge in [-0.05, 0) is 37.5 Å². The van der Waals surface area contributed by atoms with E-state index in [0.29, 0.717) is 17.8 Å².